The van der Waals surface area contributed by atoms with E-state index >= 15 is 0 Å². The van der Waals surface area contributed by atoms with Gasteiger partial charge in [0.1, 0.15) is 11.1 Å². The summed E-state index contributed by atoms with van der Waals surface area (Å²) in [6, 6.07) is 12.5. The fraction of sp³-hybridized carbons (Fsp3) is 0.167. The molecule has 1 atom stereocenters. The maximum atomic E-state index is 12.4. The average Bonchev–Trinajstić information content (AvgIpc) is 3.16. The Morgan fingerprint density at radius 3 is 2.73 bits per heavy atom. The summed E-state index contributed by atoms with van der Waals surface area (Å²) in [4.78, 5) is 24.7. The number of hydrogen-bond donors (Lipinski definition) is 1. The highest BCUT2D eigenvalue weighted by Crippen LogP contribution is 2.40. The Labute approximate surface area is 159 Å². The molecule has 132 valence electrons. The second kappa shape index (κ2) is 6.66. The molecule has 2 aliphatic rings. The normalized spacial score (nSPS) is 20.5. The van der Waals surface area contributed by atoms with E-state index in [1.165, 1.54) is 16.8 Å². The summed E-state index contributed by atoms with van der Waals surface area (Å²) in [7, 11) is 1.60. The van der Waals surface area contributed by atoms with E-state index in [1.807, 2.05) is 24.3 Å². The molecule has 2 aromatic carbocycles. The maximum Gasteiger partial charge on any atom is 0.276 e. The van der Waals surface area contributed by atoms with Crippen molar-refractivity contribution in [2.45, 2.75) is 5.37 Å². The van der Waals surface area contributed by atoms with Crippen molar-refractivity contribution in [3.05, 3.63) is 58.6 Å². The Kier molecular flexibility index (Phi) is 4.34. The van der Waals surface area contributed by atoms with Crippen LogP contribution in [0.5, 0.6) is 5.75 Å². The Morgan fingerprint density at radius 2 is 2.00 bits per heavy atom. The summed E-state index contributed by atoms with van der Waals surface area (Å²) in [6.07, 6.45) is 0. The molecule has 0 saturated carbocycles. The van der Waals surface area contributed by atoms with Crippen molar-refractivity contribution in [3.8, 4) is 5.75 Å². The number of halogens is 1. The van der Waals surface area contributed by atoms with Gasteiger partial charge in [-0.15, -0.1) is 11.8 Å². The van der Waals surface area contributed by atoms with Crippen LogP contribution in [0.1, 0.15) is 16.5 Å². The van der Waals surface area contributed by atoms with Crippen LogP contribution in [0.4, 0.5) is 5.69 Å². The fourth-order valence-electron chi connectivity index (χ4n) is 2.86. The van der Waals surface area contributed by atoms with Crippen LogP contribution in [0, 0.1) is 0 Å². The van der Waals surface area contributed by atoms with Gasteiger partial charge in [-0.25, -0.2) is 5.01 Å². The third-order valence-corrected chi connectivity index (χ3v) is 5.59. The van der Waals surface area contributed by atoms with Crippen molar-refractivity contribution in [1.29, 1.82) is 0 Å². The number of nitrogens with one attached hydrogen (secondary N) is 1. The Morgan fingerprint density at radius 1 is 1.23 bits per heavy atom. The number of nitrogens with zero attached hydrogens (tertiary/aromatic N) is 2. The minimum Gasteiger partial charge on any atom is -0.497 e. The van der Waals surface area contributed by atoms with Crippen LogP contribution < -0.4 is 10.1 Å². The molecular weight excluding hydrogens is 374 g/mol. The minimum absolute atomic E-state index is 0.147. The first kappa shape index (κ1) is 16.9. The van der Waals surface area contributed by atoms with Gasteiger partial charge in [-0.2, -0.15) is 5.10 Å². The largest absolute Gasteiger partial charge is 0.497 e. The summed E-state index contributed by atoms with van der Waals surface area (Å²) in [5, 5.41) is 8.72. The standard InChI is InChI=1S/C18H14ClN3O3S/c1-25-12-5-2-10(3-6-12)18-22(15(23)9-26-18)21-16-13-8-11(19)4-7-14(13)20-17(16)24/h2-8,18H,9H2,1H3,(H,20,21,24). The molecule has 2 amide bonds. The average molecular weight is 388 g/mol. The lowest BCUT2D eigenvalue weighted by Crippen LogP contribution is -2.27. The van der Waals surface area contributed by atoms with Crippen molar-refractivity contribution >= 4 is 46.6 Å². The van der Waals surface area contributed by atoms with Crippen LogP contribution in [0.15, 0.2) is 47.6 Å². The molecule has 0 aliphatic carbocycles. The summed E-state index contributed by atoms with van der Waals surface area (Å²) < 4.78 is 5.17. The van der Waals surface area contributed by atoms with Gasteiger partial charge in [0.15, 0.2) is 5.71 Å². The first-order valence-electron chi connectivity index (χ1n) is 7.84. The van der Waals surface area contributed by atoms with E-state index in [2.05, 4.69) is 10.4 Å². The predicted octanol–water partition coefficient (Wildman–Crippen LogP) is 3.28. The molecule has 2 aromatic rings. The molecule has 0 bridgehead atoms. The predicted molar refractivity (Wildman–Crippen MR) is 102 cm³/mol. The second-order valence-electron chi connectivity index (χ2n) is 5.77. The van der Waals surface area contributed by atoms with E-state index in [1.54, 1.807) is 25.3 Å². The molecular formula is C18H14ClN3O3S. The Bertz CT molecular complexity index is 930. The van der Waals surface area contributed by atoms with Crippen LogP contribution in [0.2, 0.25) is 5.02 Å². The maximum absolute atomic E-state index is 12.4. The van der Waals surface area contributed by atoms with Gasteiger partial charge in [0, 0.05) is 10.6 Å². The number of carbonyl (C=O) groups excluding carboxylic acids is 2. The van der Waals surface area contributed by atoms with Gasteiger partial charge in [0.2, 0.25) is 0 Å². The Hall–Kier alpha value is -2.51. The first-order valence-corrected chi connectivity index (χ1v) is 9.27. The molecule has 2 heterocycles. The topological polar surface area (TPSA) is 71.0 Å². The fourth-order valence-corrected chi connectivity index (χ4v) is 4.12. The van der Waals surface area contributed by atoms with E-state index < -0.39 is 0 Å². The van der Waals surface area contributed by atoms with Crippen molar-refractivity contribution in [2.24, 2.45) is 5.10 Å². The first-order chi connectivity index (χ1) is 12.6. The molecule has 8 heteroatoms. The third-order valence-electron chi connectivity index (χ3n) is 4.15. The molecule has 2 aliphatic heterocycles. The number of ether oxygens (including phenoxy) is 1. The minimum atomic E-state index is -0.347. The lowest BCUT2D eigenvalue weighted by molar-refractivity contribution is -0.128. The molecule has 0 radical (unpaired) electrons. The molecule has 26 heavy (non-hydrogen) atoms. The lowest BCUT2D eigenvalue weighted by Gasteiger charge is -2.19. The van der Waals surface area contributed by atoms with Crippen LogP contribution in [0.3, 0.4) is 0 Å². The highest BCUT2D eigenvalue weighted by Gasteiger charge is 2.36. The zero-order valence-electron chi connectivity index (χ0n) is 13.7. The molecule has 1 N–H and O–H groups in total. The number of rotatable bonds is 3. The van der Waals surface area contributed by atoms with E-state index in [0.717, 1.165) is 11.3 Å². The molecule has 6 nitrogen and oxygen atoms in total. The van der Waals surface area contributed by atoms with Gasteiger partial charge in [-0.05, 0) is 35.9 Å². The zero-order chi connectivity index (χ0) is 18.3. The number of hydrazone groups is 1. The molecule has 0 aromatic heterocycles. The number of thioether (sulfide) groups is 1. The van der Waals surface area contributed by atoms with E-state index in [-0.39, 0.29) is 22.9 Å². The van der Waals surface area contributed by atoms with Crippen LogP contribution >= 0.6 is 23.4 Å². The van der Waals surface area contributed by atoms with Gasteiger partial charge in [0.05, 0.1) is 18.6 Å². The van der Waals surface area contributed by atoms with E-state index in [9.17, 15) is 9.59 Å². The van der Waals surface area contributed by atoms with Crippen molar-refractivity contribution in [1.82, 2.24) is 5.01 Å². The number of carbonyl (C=O) groups is 2. The number of amides is 2. The van der Waals surface area contributed by atoms with Crippen molar-refractivity contribution in [3.63, 3.8) is 0 Å². The third kappa shape index (κ3) is 2.93. The summed E-state index contributed by atoms with van der Waals surface area (Å²) in [5.41, 5.74) is 2.34. The highest BCUT2D eigenvalue weighted by molar-refractivity contribution is 8.00. The van der Waals surface area contributed by atoms with Crippen molar-refractivity contribution < 1.29 is 14.3 Å². The number of methoxy groups -OCH3 is 1. The Balaban J connectivity index is 1.71. The number of fused-ring (bicyclic) bond motifs is 1. The van der Waals surface area contributed by atoms with Crippen LogP contribution in [-0.4, -0.2) is 35.4 Å². The monoisotopic (exact) mass is 387 g/mol. The smallest absolute Gasteiger partial charge is 0.276 e. The van der Waals surface area contributed by atoms with Crippen LogP contribution in [-0.2, 0) is 9.59 Å². The molecule has 1 unspecified atom stereocenters. The van der Waals surface area contributed by atoms with Gasteiger partial charge in [-0.3, -0.25) is 9.59 Å². The van der Waals surface area contributed by atoms with E-state index in [4.69, 9.17) is 16.3 Å². The molecule has 4 rings (SSSR count). The molecule has 1 saturated heterocycles. The van der Waals surface area contributed by atoms with Gasteiger partial charge >= 0.3 is 0 Å². The van der Waals surface area contributed by atoms with Crippen molar-refractivity contribution in [2.75, 3.05) is 18.2 Å². The summed E-state index contributed by atoms with van der Waals surface area (Å²) in [6.45, 7) is 0. The SMILES string of the molecule is COc1ccc(C2SCC(=O)N2N=C2C(=O)Nc3ccc(Cl)cc32)cc1. The lowest BCUT2D eigenvalue weighted by atomic mass is 10.1. The number of anilines is 1. The van der Waals surface area contributed by atoms with Gasteiger partial charge in [-0.1, -0.05) is 23.7 Å². The highest BCUT2D eigenvalue weighted by atomic mass is 35.5. The van der Waals surface area contributed by atoms with Crippen LogP contribution in [0.25, 0.3) is 0 Å². The zero-order valence-corrected chi connectivity index (χ0v) is 15.3. The second-order valence-corrected chi connectivity index (χ2v) is 7.27. The molecule has 0 spiro atoms. The summed E-state index contributed by atoms with van der Waals surface area (Å²) in [5.74, 6) is 0.545. The molecule has 1 fully saturated rings. The quantitative estimate of drug-likeness (QED) is 0.877. The van der Waals surface area contributed by atoms with Gasteiger partial charge in [0.25, 0.3) is 11.8 Å². The number of hydrogen-bond acceptors (Lipinski definition) is 5. The number of benzene rings is 2. The van der Waals surface area contributed by atoms with Gasteiger partial charge < -0.3 is 10.1 Å². The summed E-state index contributed by atoms with van der Waals surface area (Å²) >= 11 is 7.51. The van der Waals surface area contributed by atoms with E-state index in [0.29, 0.717) is 22.0 Å².